The van der Waals surface area contributed by atoms with Crippen molar-refractivity contribution in [1.29, 1.82) is 0 Å². The fourth-order valence-electron chi connectivity index (χ4n) is 1.66. The van der Waals surface area contributed by atoms with Crippen LogP contribution >= 0.6 is 0 Å². The van der Waals surface area contributed by atoms with E-state index >= 15 is 0 Å². The van der Waals surface area contributed by atoms with Gasteiger partial charge in [0.25, 0.3) is 5.69 Å². The Kier molecular flexibility index (Phi) is 2.91. The first-order chi connectivity index (χ1) is 7.66. The molecular formula is C10H13N3O3. The van der Waals surface area contributed by atoms with Crippen LogP contribution in [0.2, 0.25) is 0 Å². The van der Waals surface area contributed by atoms with Crippen LogP contribution in [0.25, 0.3) is 0 Å². The summed E-state index contributed by atoms with van der Waals surface area (Å²) in [7, 11) is 0. The maximum absolute atomic E-state index is 10.5. The first kappa shape index (κ1) is 10.7. The van der Waals surface area contributed by atoms with Gasteiger partial charge in [-0.05, 0) is 12.5 Å². The molecule has 0 radical (unpaired) electrons. The molecule has 1 heterocycles. The van der Waals surface area contributed by atoms with E-state index < -0.39 is 4.92 Å². The summed E-state index contributed by atoms with van der Waals surface area (Å²) in [6, 6.07) is 4.67. The molecular weight excluding hydrogens is 210 g/mol. The van der Waals surface area contributed by atoms with Crippen LogP contribution in [0.4, 0.5) is 17.1 Å². The number of nitrogens with two attached hydrogens (primary N) is 1. The molecule has 1 aliphatic rings. The Morgan fingerprint density at radius 1 is 1.56 bits per heavy atom. The van der Waals surface area contributed by atoms with Crippen LogP contribution < -0.4 is 11.1 Å². The van der Waals surface area contributed by atoms with Gasteiger partial charge >= 0.3 is 0 Å². The van der Waals surface area contributed by atoms with Crippen molar-refractivity contribution in [3.8, 4) is 0 Å². The summed E-state index contributed by atoms with van der Waals surface area (Å²) >= 11 is 0. The average molecular weight is 223 g/mol. The van der Waals surface area contributed by atoms with E-state index in [1.54, 1.807) is 6.07 Å². The lowest BCUT2D eigenvalue weighted by Gasteiger charge is -2.13. The van der Waals surface area contributed by atoms with E-state index in [9.17, 15) is 10.1 Å². The Balaban J connectivity index is 2.12. The van der Waals surface area contributed by atoms with Gasteiger partial charge in [0.2, 0.25) is 0 Å². The third-order valence-corrected chi connectivity index (χ3v) is 2.54. The zero-order chi connectivity index (χ0) is 11.5. The van der Waals surface area contributed by atoms with E-state index in [0.29, 0.717) is 12.3 Å². The molecule has 1 aliphatic heterocycles. The molecule has 0 aliphatic carbocycles. The second-order valence-electron chi connectivity index (χ2n) is 3.73. The second kappa shape index (κ2) is 4.36. The quantitative estimate of drug-likeness (QED) is 0.459. The van der Waals surface area contributed by atoms with Gasteiger partial charge in [-0.15, -0.1) is 0 Å². The predicted molar refractivity (Wildman–Crippen MR) is 60.4 cm³/mol. The van der Waals surface area contributed by atoms with E-state index in [4.69, 9.17) is 10.5 Å². The van der Waals surface area contributed by atoms with Crippen molar-refractivity contribution >= 4 is 17.1 Å². The number of rotatable bonds is 3. The molecule has 1 aromatic rings. The van der Waals surface area contributed by atoms with Crippen LogP contribution in [0.15, 0.2) is 18.2 Å². The molecule has 0 bridgehead atoms. The molecule has 1 atom stereocenters. The summed E-state index contributed by atoms with van der Waals surface area (Å²) in [5.74, 6) is 0. The Morgan fingerprint density at radius 2 is 2.38 bits per heavy atom. The summed E-state index contributed by atoms with van der Waals surface area (Å²) in [6.45, 7) is 1.39. The number of anilines is 2. The Morgan fingerprint density at radius 3 is 2.94 bits per heavy atom. The molecule has 1 unspecified atom stereocenters. The largest absolute Gasteiger partial charge is 0.397 e. The molecule has 3 N–H and O–H groups in total. The number of nitrogens with zero attached hydrogens (tertiary/aromatic N) is 1. The summed E-state index contributed by atoms with van der Waals surface area (Å²) in [6.07, 6.45) is 0.927. The Bertz CT molecular complexity index is 402. The monoisotopic (exact) mass is 223 g/mol. The van der Waals surface area contributed by atoms with Crippen molar-refractivity contribution in [1.82, 2.24) is 0 Å². The minimum Gasteiger partial charge on any atom is -0.397 e. The first-order valence-corrected chi connectivity index (χ1v) is 5.05. The highest BCUT2D eigenvalue weighted by Crippen LogP contribution is 2.25. The van der Waals surface area contributed by atoms with E-state index in [0.717, 1.165) is 18.7 Å². The molecule has 6 nitrogen and oxygen atoms in total. The number of ether oxygens (including phenoxy) is 1. The van der Waals surface area contributed by atoms with Crippen LogP contribution in [-0.2, 0) is 4.74 Å². The number of nitrogen functional groups attached to an aromatic ring is 1. The minimum absolute atomic E-state index is 0.00530. The number of benzene rings is 1. The van der Waals surface area contributed by atoms with Crippen molar-refractivity contribution in [3.05, 3.63) is 28.3 Å². The topological polar surface area (TPSA) is 90.4 Å². The molecule has 2 rings (SSSR count). The van der Waals surface area contributed by atoms with E-state index in [2.05, 4.69) is 5.32 Å². The summed E-state index contributed by atoms with van der Waals surface area (Å²) in [5.41, 5.74) is 6.85. The number of nitro benzene ring substituents is 1. The minimum atomic E-state index is -0.460. The van der Waals surface area contributed by atoms with Crippen LogP contribution in [0, 0.1) is 10.1 Å². The molecule has 86 valence electrons. The zero-order valence-electron chi connectivity index (χ0n) is 8.68. The van der Waals surface area contributed by atoms with Crippen LogP contribution in [0.1, 0.15) is 6.42 Å². The van der Waals surface area contributed by atoms with Gasteiger partial charge < -0.3 is 15.8 Å². The summed E-state index contributed by atoms with van der Waals surface area (Å²) in [4.78, 5) is 10.1. The molecule has 1 fully saturated rings. The van der Waals surface area contributed by atoms with Crippen molar-refractivity contribution < 1.29 is 9.66 Å². The maximum Gasteiger partial charge on any atom is 0.271 e. The molecule has 1 saturated heterocycles. The normalized spacial score (nSPS) is 19.6. The summed E-state index contributed by atoms with van der Waals surface area (Å²) < 4.78 is 5.22. The molecule has 0 amide bonds. The molecule has 0 spiro atoms. The average Bonchev–Trinajstić information content (AvgIpc) is 2.73. The van der Waals surface area contributed by atoms with Gasteiger partial charge in [-0.3, -0.25) is 10.1 Å². The predicted octanol–water partition coefficient (Wildman–Crippen LogP) is 1.38. The van der Waals surface area contributed by atoms with Gasteiger partial charge in [0.15, 0.2) is 0 Å². The number of non-ortho nitro benzene ring substituents is 1. The van der Waals surface area contributed by atoms with Gasteiger partial charge in [-0.2, -0.15) is 0 Å². The van der Waals surface area contributed by atoms with Crippen molar-refractivity contribution in [3.63, 3.8) is 0 Å². The van der Waals surface area contributed by atoms with Gasteiger partial charge in [0.1, 0.15) is 0 Å². The lowest BCUT2D eigenvalue weighted by molar-refractivity contribution is -0.384. The smallest absolute Gasteiger partial charge is 0.271 e. The van der Waals surface area contributed by atoms with E-state index in [1.165, 1.54) is 12.1 Å². The van der Waals surface area contributed by atoms with Gasteiger partial charge in [-0.1, -0.05) is 0 Å². The van der Waals surface area contributed by atoms with Crippen LogP contribution in [-0.4, -0.2) is 24.2 Å². The Labute approximate surface area is 92.5 Å². The maximum atomic E-state index is 10.5. The van der Waals surface area contributed by atoms with Gasteiger partial charge in [0, 0.05) is 18.7 Å². The van der Waals surface area contributed by atoms with Crippen molar-refractivity contribution in [2.75, 3.05) is 24.3 Å². The molecule has 6 heteroatoms. The standard InChI is InChI=1S/C10H13N3O3/c11-9-5-8(13(14)15)1-2-10(9)12-7-3-4-16-6-7/h1-2,5,7,12H,3-4,6,11H2. The van der Waals surface area contributed by atoms with Crippen molar-refractivity contribution in [2.45, 2.75) is 12.5 Å². The fourth-order valence-corrected chi connectivity index (χ4v) is 1.66. The third-order valence-electron chi connectivity index (χ3n) is 2.54. The molecule has 0 saturated carbocycles. The first-order valence-electron chi connectivity index (χ1n) is 5.05. The van der Waals surface area contributed by atoms with Crippen LogP contribution in [0.3, 0.4) is 0 Å². The highest BCUT2D eigenvalue weighted by molar-refractivity contribution is 5.69. The number of hydrogen-bond acceptors (Lipinski definition) is 5. The summed E-state index contributed by atoms with van der Waals surface area (Å²) in [5, 5.41) is 13.7. The van der Waals surface area contributed by atoms with Crippen molar-refractivity contribution in [2.24, 2.45) is 0 Å². The number of nitrogens with one attached hydrogen (secondary N) is 1. The molecule has 0 aromatic heterocycles. The highest BCUT2D eigenvalue weighted by Gasteiger charge is 2.17. The highest BCUT2D eigenvalue weighted by atomic mass is 16.6. The Hall–Kier alpha value is -1.82. The second-order valence-corrected chi connectivity index (χ2v) is 3.73. The number of nitro groups is 1. The lowest BCUT2D eigenvalue weighted by Crippen LogP contribution is -2.19. The van der Waals surface area contributed by atoms with E-state index in [-0.39, 0.29) is 11.7 Å². The SMILES string of the molecule is Nc1cc([N+](=O)[O-])ccc1NC1CCOC1. The van der Waals surface area contributed by atoms with Gasteiger partial charge in [-0.25, -0.2) is 0 Å². The fraction of sp³-hybridized carbons (Fsp3) is 0.400. The molecule has 16 heavy (non-hydrogen) atoms. The third kappa shape index (κ3) is 2.22. The van der Waals surface area contributed by atoms with E-state index in [1.807, 2.05) is 0 Å². The van der Waals surface area contributed by atoms with Gasteiger partial charge in [0.05, 0.1) is 28.9 Å². The zero-order valence-corrected chi connectivity index (χ0v) is 8.68. The molecule has 1 aromatic carbocycles. The number of hydrogen-bond donors (Lipinski definition) is 2. The lowest BCUT2D eigenvalue weighted by atomic mass is 10.2. The van der Waals surface area contributed by atoms with Crippen LogP contribution in [0.5, 0.6) is 0 Å².